The van der Waals surface area contributed by atoms with Gasteiger partial charge in [-0.1, -0.05) is 12.1 Å². The van der Waals surface area contributed by atoms with Crippen LogP contribution in [0.2, 0.25) is 0 Å². The molecule has 2 saturated heterocycles. The first-order valence-corrected chi connectivity index (χ1v) is 8.74. The highest BCUT2D eigenvalue weighted by molar-refractivity contribution is 5.46. The molecule has 6 nitrogen and oxygen atoms in total. The van der Waals surface area contributed by atoms with Crippen LogP contribution >= 0.6 is 0 Å². The van der Waals surface area contributed by atoms with E-state index in [9.17, 15) is 5.11 Å². The molecule has 136 valence electrons. The molecular formula is C20H20O6. The lowest BCUT2D eigenvalue weighted by atomic mass is 9.85. The van der Waals surface area contributed by atoms with Gasteiger partial charge in [0, 0.05) is 11.8 Å². The Morgan fingerprint density at radius 2 is 1.54 bits per heavy atom. The predicted octanol–water partition coefficient (Wildman–Crippen LogP) is 3.20. The van der Waals surface area contributed by atoms with Gasteiger partial charge in [-0.05, 0) is 35.4 Å². The fraction of sp³-hybridized carbons (Fsp3) is 0.400. The van der Waals surface area contributed by atoms with Crippen LogP contribution in [-0.4, -0.2) is 32.2 Å². The van der Waals surface area contributed by atoms with E-state index in [0.29, 0.717) is 19.0 Å². The first kappa shape index (κ1) is 15.8. The topological polar surface area (TPSA) is 66.4 Å². The first-order valence-electron chi connectivity index (χ1n) is 8.74. The molecule has 5 rings (SSSR count). The van der Waals surface area contributed by atoms with E-state index in [1.807, 2.05) is 30.3 Å². The molecule has 2 aromatic rings. The summed E-state index contributed by atoms with van der Waals surface area (Å²) >= 11 is 0. The van der Waals surface area contributed by atoms with Crippen molar-refractivity contribution < 1.29 is 28.8 Å². The third-order valence-electron chi connectivity index (χ3n) is 5.52. The van der Waals surface area contributed by atoms with Crippen LogP contribution in [0.3, 0.4) is 0 Å². The van der Waals surface area contributed by atoms with Crippen LogP contribution in [0.1, 0.15) is 23.3 Å². The number of methoxy groups -OCH3 is 1. The van der Waals surface area contributed by atoms with Crippen LogP contribution in [0.4, 0.5) is 0 Å². The SMILES string of the molecule is COc1cc([C@H]2OC[C@H]3[C@@H]2CO[C@@H]3c2ccc3c(c2)OCO3)ccc1O. The maximum atomic E-state index is 9.82. The van der Waals surface area contributed by atoms with Gasteiger partial charge < -0.3 is 28.8 Å². The molecule has 1 N–H and O–H groups in total. The fourth-order valence-corrected chi connectivity index (χ4v) is 4.20. The summed E-state index contributed by atoms with van der Waals surface area (Å²) < 4.78 is 28.4. The van der Waals surface area contributed by atoms with E-state index in [1.165, 1.54) is 0 Å². The molecule has 0 aromatic heterocycles. The van der Waals surface area contributed by atoms with Crippen molar-refractivity contribution >= 4 is 0 Å². The van der Waals surface area contributed by atoms with Crippen LogP contribution in [0, 0.1) is 11.8 Å². The molecule has 0 aliphatic carbocycles. The molecule has 3 heterocycles. The minimum absolute atomic E-state index is 0.0153. The number of phenolic OH excluding ortho intramolecular Hbond substituents is 1. The minimum Gasteiger partial charge on any atom is -0.504 e. The van der Waals surface area contributed by atoms with E-state index in [2.05, 4.69) is 0 Å². The molecule has 0 bridgehead atoms. The molecule has 3 aliphatic heterocycles. The van der Waals surface area contributed by atoms with E-state index in [1.54, 1.807) is 13.2 Å². The summed E-state index contributed by atoms with van der Waals surface area (Å²) in [5.41, 5.74) is 2.09. The highest BCUT2D eigenvalue weighted by atomic mass is 16.7. The van der Waals surface area contributed by atoms with Crippen molar-refractivity contribution in [3.63, 3.8) is 0 Å². The van der Waals surface area contributed by atoms with Crippen molar-refractivity contribution in [3.8, 4) is 23.0 Å². The van der Waals surface area contributed by atoms with E-state index in [4.69, 9.17) is 23.7 Å². The molecule has 0 amide bonds. The fourth-order valence-electron chi connectivity index (χ4n) is 4.20. The normalized spacial score (nSPS) is 29.0. The predicted molar refractivity (Wildman–Crippen MR) is 91.6 cm³/mol. The van der Waals surface area contributed by atoms with E-state index >= 15 is 0 Å². The molecule has 2 aromatic carbocycles. The summed E-state index contributed by atoms with van der Waals surface area (Å²) in [5, 5.41) is 9.82. The van der Waals surface area contributed by atoms with Crippen LogP contribution in [0.15, 0.2) is 36.4 Å². The van der Waals surface area contributed by atoms with E-state index in [0.717, 1.165) is 22.6 Å². The number of ether oxygens (including phenoxy) is 5. The third-order valence-corrected chi connectivity index (χ3v) is 5.52. The van der Waals surface area contributed by atoms with Crippen LogP contribution in [0.5, 0.6) is 23.0 Å². The van der Waals surface area contributed by atoms with Crippen molar-refractivity contribution in [2.75, 3.05) is 27.1 Å². The molecule has 0 saturated carbocycles. The lowest BCUT2D eigenvalue weighted by Gasteiger charge is -2.17. The minimum atomic E-state index is -0.0616. The molecule has 26 heavy (non-hydrogen) atoms. The lowest BCUT2D eigenvalue weighted by Crippen LogP contribution is -2.14. The molecule has 3 aliphatic rings. The summed E-state index contributed by atoms with van der Waals surface area (Å²) in [5.74, 6) is 2.68. The summed E-state index contributed by atoms with van der Waals surface area (Å²) in [6.07, 6.45) is -0.0768. The molecule has 0 radical (unpaired) electrons. The molecular weight excluding hydrogens is 336 g/mol. The van der Waals surface area contributed by atoms with E-state index < -0.39 is 0 Å². The van der Waals surface area contributed by atoms with Gasteiger partial charge in [0.25, 0.3) is 0 Å². The van der Waals surface area contributed by atoms with Crippen molar-refractivity contribution in [1.29, 1.82) is 0 Å². The number of aromatic hydroxyl groups is 1. The van der Waals surface area contributed by atoms with E-state index in [-0.39, 0.29) is 36.6 Å². The maximum Gasteiger partial charge on any atom is 0.231 e. The third kappa shape index (κ3) is 2.40. The van der Waals surface area contributed by atoms with Crippen LogP contribution in [0.25, 0.3) is 0 Å². The van der Waals surface area contributed by atoms with Gasteiger partial charge in [-0.2, -0.15) is 0 Å². The average Bonchev–Trinajstić information content (AvgIpc) is 3.37. The summed E-state index contributed by atoms with van der Waals surface area (Å²) in [6.45, 7) is 1.54. The Morgan fingerprint density at radius 3 is 2.27 bits per heavy atom. The van der Waals surface area contributed by atoms with Gasteiger partial charge in [0.05, 0.1) is 32.5 Å². The Bertz CT molecular complexity index is 810. The van der Waals surface area contributed by atoms with Crippen molar-refractivity contribution in [2.45, 2.75) is 12.2 Å². The Balaban J connectivity index is 1.40. The van der Waals surface area contributed by atoms with Gasteiger partial charge in [0.15, 0.2) is 23.0 Å². The second kappa shape index (κ2) is 6.07. The van der Waals surface area contributed by atoms with Gasteiger partial charge in [0.2, 0.25) is 6.79 Å². The monoisotopic (exact) mass is 356 g/mol. The Kier molecular flexibility index (Phi) is 3.69. The number of fused-ring (bicyclic) bond motifs is 2. The standard InChI is InChI=1S/C20H20O6/c1-22-17-6-11(2-4-15(17)21)19-13-8-24-20(14(13)9-23-19)12-3-5-16-18(7-12)26-10-25-16/h2-7,13-14,19-21H,8-10H2,1H3/t13-,14-,19+,20+/m0/s1. The largest absolute Gasteiger partial charge is 0.504 e. The number of hydrogen-bond donors (Lipinski definition) is 1. The molecule has 4 atom stereocenters. The van der Waals surface area contributed by atoms with Gasteiger partial charge in [-0.25, -0.2) is 0 Å². The zero-order valence-corrected chi connectivity index (χ0v) is 14.4. The highest BCUT2D eigenvalue weighted by Gasteiger charge is 2.48. The van der Waals surface area contributed by atoms with Gasteiger partial charge >= 0.3 is 0 Å². The molecule has 0 spiro atoms. The van der Waals surface area contributed by atoms with Crippen LogP contribution < -0.4 is 14.2 Å². The second-order valence-electron chi connectivity index (χ2n) is 6.88. The van der Waals surface area contributed by atoms with Crippen molar-refractivity contribution in [2.24, 2.45) is 11.8 Å². The number of hydrogen-bond acceptors (Lipinski definition) is 6. The van der Waals surface area contributed by atoms with Crippen LogP contribution in [-0.2, 0) is 9.47 Å². The molecule has 0 unspecified atom stereocenters. The Labute approximate surface area is 151 Å². The zero-order chi connectivity index (χ0) is 17.7. The van der Waals surface area contributed by atoms with Gasteiger partial charge in [-0.3, -0.25) is 0 Å². The summed E-state index contributed by atoms with van der Waals surface area (Å²) in [6, 6.07) is 11.4. The van der Waals surface area contributed by atoms with Crippen molar-refractivity contribution in [3.05, 3.63) is 47.5 Å². The van der Waals surface area contributed by atoms with Gasteiger partial charge in [0.1, 0.15) is 0 Å². The highest BCUT2D eigenvalue weighted by Crippen LogP contribution is 2.51. The first-order chi connectivity index (χ1) is 12.7. The molecule has 2 fully saturated rings. The Morgan fingerprint density at radius 1 is 0.885 bits per heavy atom. The number of benzene rings is 2. The van der Waals surface area contributed by atoms with Gasteiger partial charge in [-0.15, -0.1) is 0 Å². The number of rotatable bonds is 3. The quantitative estimate of drug-likeness (QED) is 0.911. The summed E-state index contributed by atoms with van der Waals surface area (Å²) in [4.78, 5) is 0. The maximum absolute atomic E-state index is 9.82. The summed E-state index contributed by atoms with van der Waals surface area (Å²) in [7, 11) is 1.55. The smallest absolute Gasteiger partial charge is 0.231 e. The lowest BCUT2D eigenvalue weighted by molar-refractivity contribution is 0.0191. The van der Waals surface area contributed by atoms with Crippen molar-refractivity contribution in [1.82, 2.24) is 0 Å². The Hall–Kier alpha value is -2.44. The molecule has 6 heteroatoms. The number of phenols is 1. The second-order valence-corrected chi connectivity index (χ2v) is 6.88. The zero-order valence-electron chi connectivity index (χ0n) is 14.4. The average molecular weight is 356 g/mol.